The van der Waals surface area contributed by atoms with E-state index < -0.39 is 11.7 Å². The maximum atomic E-state index is 13.4. The number of hydrogen-bond acceptors (Lipinski definition) is 4. The topological polar surface area (TPSA) is 69.0 Å². The Morgan fingerprint density at radius 1 is 1.26 bits per heavy atom. The van der Waals surface area contributed by atoms with E-state index in [1.165, 1.54) is 36.6 Å². The number of rotatable bonds is 4. The molecule has 0 radical (unpaired) electrons. The Hall–Kier alpha value is -3.22. The zero-order chi connectivity index (χ0) is 16.2. The van der Waals surface area contributed by atoms with Crippen LogP contribution in [0, 0.1) is 5.82 Å². The third-order valence-corrected chi connectivity index (χ3v) is 3.22. The number of carbonyl (C=O) groups excluding carboxylic acids is 1. The molecule has 0 bridgehead atoms. The molecular formula is C16H13FN4O2. The molecule has 116 valence electrons. The fourth-order valence-corrected chi connectivity index (χ4v) is 2.16. The molecule has 0 aliphatic heterocycles. The summed E-state index contributed by atoms with van der Waals surface area (Å²) < 4.78 is 20.1. The summed E-state index contributed by atoms with van der Waals surface area (Å²) in [5.41, 5.74) is 1.28. The predicted octanol–water partition coefficient (Wildman–Crippen LogP) is 2.67. The Bertz CT molecular complexity index is 834. The number of hydrogen-bond donors (Lipinski definition) is 1. The summed E-state index contributed by atoms with van der Waals surface area (Å²) in [7, 11) is 1.42. The third-order valence-electron chi connectivity index (χ3n) is 3.22. The van der Waals surface area contributed by atoms with Gasteiger partial charge in [0.1, 0.15) is 24.2 Å². The fourth-order valence-electron chi connectivity index (χ4n) is 2.16. The number of methoxy groups -OCH3 is 1. The fraction of sp³-hybridized carbons (Fsp3) is 0.0625. The minimum atomic E-state index is -0.513. The Kier molecular flexibility index (Phi) is 4.01. The van der Waals surface area contributed by atoms with Crippen molar-refractivity contribution in [1.82, 2.24) is 14.8 Å². The zero-order valence-electron chi connectivity index (χ0n) is 12.2. The van der Waals surface area contributed by atoms with E-state index in [1.54, 1.807) is 18.2 Å². The number of benzene rings is 2. The van der Waals surface area contributed by atoms with Crippen LogP contribution >= 0.6 is 0 Å². The second-order valence-corrected chi connectivity index (χ2v) is 4.66. The van der Waals surface area contributed by atoms with E-state index in [0.29, 0.717) is 17.1 Å². The van der Waals surface area contributed by atoms with E-state index in [2.05, 4.69) is 15.4 Å². The Morgan fingerprint density at radius 3 is 2.83 bits per heavy atom. The molecule has 0 fully saturated rings. The van der Waals surface area contributed by atoms with Crippen LogP contribution in [0.15, 0.2) is 55.1 Å². The lowest BCUT2D eigenvalue weighted by atomic mass is 10.1. The van der Waals surface area contributed by atoms with Crippen molar-refractivity contribution in [2.75, 3.05) is 12.4 Å². The molecule has 6 nitrogen and oxygen atoms in total. The number of nitrogens with one attached hydrogen (secondary N) is 1. The molecule has 7 heteroatoms. The molecule has 0 spiro atoms. The first-order valence-electron chi connectivity index (χ1n) is 6.78. The number of anilines is 1. The van der Waals surface area contributed by atoms with Crippen molar-refractivity contribution < 1.29 is 13.9 Å². The maximum Gasteiger partial charge on any atom is 0.259 e. The van der Waals surface area contributed by atoms with Gasteiger partial charge in [-0.05, 0) is 30.3 Å². The van der Waals surface area contributed by atoms with Gasteiger partial charge in [-0.15, -0.1) is 0 Å². The number of nitrogens with zero attached hydrogens (tertiary/aromatic N) is 3. The first-order valence-corrected chi connectivity index (χ1v) is 6.78. The van der Waals surface area contributed by atoms with E-state index in [1.807, 2.05) is 6.07 Å². The van der Waals surface area contributed by atoms with Gasteiger partial charge in [0.2, 0.25) is 0 Å². The molecule has 0 aliphatic rings. The molecule has 0 atom stereocenters. The number of ether oxygens (including phenoxy) is 1. The molecule has 0 aliphatic carbocycles. The summed E-state index contributed by atoms with van der Waals surface area (Å²) in [4.78, 5) is 16.4. The van der Waals surface area contributed by atoms with Crippen LogP contribution < -0.4 is 10.1 Å². The highest BCUT2D eigenvalue weighted by atomic mass is 19.1. The van der Waals surface area contributed by atoms with Gasteiger partial charge >= 0.3 is 0 Å². The zero-order valence-corrected chi connectivity index (χ0v) is 12.2. The first kappa shape index (κ1) is 14.7. The Balaban J connectivity index is 1.94. The van der Waals surface area contributed by atoms with Crippen molar-refractivity contribution >= 4 is 11.6 Å². The number of para-hydroxylation sites is 2. The number of aromatic nitrogens is 3. The summed E-state index contributed by atoms with van der Waals surface area (Å²) in [6, 6.07) is 10.9. The van der Waals surface area contributed by atoms with E-state index in [0.717, 1.165) is 6.07 Å². The largest absolute Gasteiger partial charge is 0.496 e. The van der Waals surface area contributed by atoms with Gasteiger partial charge in [0, 0.05) is 0 Å². The van der Waals surface area contributed by atoms with Crippen molar-refractivity contribution in [3.8, 4) is 11.4 Å². The van der Waals surface area contributed by atoms with E-state index in [9.17, 15) is 9.18 Å². The summed E-state index contributed by atoms with van der Waals surface area (Å²) >= 11 is 0. The monoisotopic (exact) mass is 312 g/mol. The average molecular weight is 312 g/mol. The Labute approximate surface area is 131 Å². The number of carbonyl (C=O) groups is 1. The minimum absolute atomic E-state index is 0.112. The van der Waals surface area contributed by atoms with Crippen molar-refractivity contribution in [2.24, 2.45) is 0 Å². The molecule has 1 amide bonds. The Morgan fingerprint density at radius 2 is 2.09 bits per heavy atom. The van der Waals surface area contributed by atoms with Crippen LogP contribution in [-0.4, -0.2) is 27.8 Å². The standard InChI is InChI=1S/C16H13FN4O2/c1-23-15-7-6-11(17)8-12(15)16(22)20-13-4-2-3-5-14(13)21-10-18-9-19-21/h2-10H,1H3,(H,20,22). The maximum absolute atomic E-state index is 13.4. The number of halogens is 1. The van der Waals surface area contributed by atoms with E-state index in [4.69, 9.17) is 4.74 Å². The van der Waals surface area contributed by atoms with Gasteiger partial charge in [-0.2, -0.15) is 5.10 Å². The highest BCUT2D eigenvalue weighted by Gasteiger charge is 2.15. The van der Waals surface area contributed by atoms with Gasteiger partial charge in [-0.3, -0.25) is 4.79 Å². The summed E-state index contributed by atoms with van der Waals surface area (Å²) in [6.07, 6.45) is 2.92. The molecule has 0 unspecified atom stereocenters. The van der Waals surface area contributed by atoms with Gasteiger partial charge in [-0.25, -0.2) is 14.1 Å². The summed E-state index contributed by atoms with van der Waals surface area (Å²) in [5.74, 6) is -0.698. The van der Waals surface area contributed by atoms with Gasteiger partial charge in [0.15, 0.2) is 0 Å². The van der Waals surface area contributed by atoms with Crippen molar-refractivity contribution in [2.45, 2.75) is 0 Å². The van der Waals surface area contributed by atoms with Crippen LogP contribution in [0.1, 0.15) is 10.4 Å². The van der Waals surface area contributed by atoms with Crippen LogP contribution in [0.2, 0.25) is 0 Å². The lowest BCUT2D eigenvalue weighted by Crippen LogP contribution is -2.15. The van der Waals surface area contributed by atoms with Crippen molar-refractivity contribution in [3.63, 3.8) is 0 Å². The third kappa shape index (κ3) is 3.03. The smallest absolute Gasteiger partial charge is 0.259 e. The molecule has 1 heterocycles. The molecule has 1 aromatic heterocycles. The molecule has 0 saturated heterocycles. The van der Waals surface area contributed by atoms with Crippen LogP contribution in [-0.2, 0) is 0 Å². The highest BCUT2D eigenvalue weighted by Crippen LogP contribution is 2.23. The quantitative estimate of drug-likeness (QED) is 0.804. The molecule has 0 saturated carbocycles. The molecule has 23 heavy (non-hydrogen) atoms. The van der Waals surface area contributed by atoms with Gasteiger partial charge in [0.25, 0.3) is 5.91 Å². The van der Waals surface area contributed by atoms with Crippen LogP contribution in [0.25, 0.3) is 5.69 Å². The highest BCUT2D eigenvalue weighted by molar-refractivity contribution is 6.07. The summed E-state index contributed by atoms with van der Waals surface area (Å²) in [6.45, 7) is 0. The lowest BCUT2D eigenvalue weighted by Gasteiger charge is -2.12. The SMILES string of the molecule is COc1ccc(F)cc1C(=O)Nc1ccccc1-n1cncn1. The van der Waals surface area contributed by atoms with Gasteiger partial charge in [-0.1, -0.05) is 12.1 Å². The average Bonchev–Trinajstić information content (AvgIpc) is 3.09. The predicted molar refractivity (Wildman–Crippen MR) is 82.3 cm³/mol. The van der Waals surface area contributed by atoms with Crippen LogP contribution in [0.5, 0.6) is 5.75 Å². The van der Waals surface area contributed by atoms with Crippen molar-refractivity contribution in [3.05, 3.63) is 66.5 Å². The summed E-state index contributed by atoms with van der Waals surface area (Å²) in [5, 5.41) is 6.79. The van der Waals surface area contributed by atoms with Crippen LogP contribution in [0.4, 0.5) is 10.1 Å². The molecule has 2 aromatic carbocycles. The minimum Gasteiger partial charge on any atom is -0.496 e. The van der Waals surface area contributed by atoms with E-state index in [-0.39, 0.29) is 5.56 Å². The van der Waals surface area contributed by atoms with E-state index >= 15 is 0 Å². The van der Waals surface area contributed by atoms with Gasteiger partial charge in [0.05, 0.1) is 24.0 Å². The second kappa shape index (κ2) is 6.27. The lowest BCUT2D eigenvalue weighted by molar-refractivity contribution is 0.102. The molecule has 3 rings (SSSR count). The van der Waals surface area contributed by atoms with Crippen molar-refractivity contribution in [1.29, 1.82) is 0 Å². The molecule has 3 aromatic rings. The normalized spacial score (nSPS) is 10.3. The first-order chi connectivity index (χ1) is 11.2. The second-order valence-electron chi connectivity index (χ2n) is 4.66. The number of amides is 1. The molecular weight excluding hydrogens is 299 g/mol. The van der Waals surface area contributed by atoms with Gasteiger partial charge < -0.3 is 10.1 Å². The van der Waals surface area contributed by atoms with Crippen LogP contribution in [0.3, 0.4) is 0 Å². The molecule has 1 N–H and O–H groups in total.